The summed E-state index contributed by atoms with van der Waals surface area (Å²) in [6.07, 6.45) is 0.763. The number of benzene rings is 2. The Balaban J connectivity index is 1.88. The molecule has 2 aromatic carbocycles. The van der Waals surface area contributed by atoms with Crippen LogP contribution in [0.2, 0.25) is 0 Å². The maximum absolute atomic E-state index is 12.5. The molecule has 2 aromatic rings. The third kappa shape index (κ3) is 3.50. The summed E-state index contributed by atoms with van der Waals surface area (Å²) in [7, 11) is -2.20. The number of fused-ring (bicyclic) bond motifs is 1. The zero-order valence-electron chi connectivity index (χ0n) is 12.6. The molecule has 0 unspecified atom stereocenters. The molecule has 1 N–H and O–H groups in total. The van der Waals surface area contributed by atoms with Crippen molar-refractivity contribution in [3.05, 3.63) is 42.5 Å². The van der Waals surface area contributed by atoms with Crippen LogP contribution in [0, 0.1) is 0 Å². The maximum Gasteiger partial charge on any atom is 0.262 e. The summed E-state index contributed by atoms with van der Waals surface area (Å²) in [6, 6.07) is 11.3. The molecule has 1 heterocycles. The fourth-order valence-electron chi connectivity index (χ4n) is 2.21. The van der Waals surface area contributed by atoms with E-state index in [2.05, 4.69) is 4.72 Å². The van der Waals surface area contributed by atoms with Gasteiger partial charge in [-0.25, -0.2) is 8.42 Å². The fourth-order valence-corrected chi connectivity index (χ4v) is 3.28. The summed E-state index contributed by atoms with van der Waals surface area (Å²) < 4.78 is 43.7. The Hall–Kier alpha value is -2.41. The van der Waals surface area contributed by atoms with Gasteiger partial charge in [0.25, 0.3) is 10.0 Å². The molecule has 0 aromatic heterocycles. The molecular formula is C16H17NO5S. The van der Waals surface area contributed by atoms with Gasteiger partial charge in [0.15, 0.2) is 11.5 Å². The molecule has 7 heteroatoms. The first kappa shape index (κ1) is 15.5. The van der Waals surface area contributed by atoms with Gasteiger partial charge in [0.1, 0.15) is 5.75 Å². The van der Waals surface area contributed by atoms with Crippen molar-refractivity contribution >= 4 is 15.7 Å². The van der Waals surface area contributed by atoms with Crippen LogP contribution in [-0.4, -0.2) is 28.7 Å². The van der Waals surface area contributed by atoms with Crippen LogP contribution in [0.25, 0.3) is 0 Å². The first-order chi connectivity index (χ1) is 11.1. The molecule has 6 nitrogen and oxygen atoms in total. The van der Waals surface area contributed by atoms with Crippen LogP contribution in [-0.2, 0) is 10.0 Å². The van der Waals surface area contributed by atoms with Gasteiger partial charge in [0.05, 0.1) is 30.9 Å². The molecule has 0 radical (unpaired) electrons. The van der Waals surface area contributed by atoms with Crippen molar-refractivity contribution in [2.45, 2.75) is 11.3 Å². The van der Waals surface area contributed by atoms with E-state index in [4.69, 9.17) is 14.2 Å². The summed E-state index contributed by atoms with van der Waals surface area (Å²) in [6.45, 7) is 1.06. The van der Waals surface area contributed by atoms with E-state index < -0.39 is 10.0 Å². The topological polar surface area (TPSA) is 73.9 Å². The number of hydrogen-bond acceptors (Lipinski definition) is 5. The largest absolute Gasteiger partial charge is 0.497 e. The van der Waals surface area contributed by atoms with E-state index in [-0.39, 0.29) is 4.90 Å². The predicted molar refractivity (Wildman–Crippen MR) is 85.9 cm³/mol. The summed E-state index contributed by atoms with van der Waals surface area (Å²) in [5.41, 5.74) is 0.427. The summed E-state index contributed by atoms with van der Waals surface area (Å²) in [5, 5.41) is 0. The Labute approximate surface area is 135 Å². The Bertz CT molecular complexity index is 804. The third-order valence-electron chi connectivity index (χ3n) is 3.35. The van der Waals surface area contributed by atoms with E-state index in [1.165, 1.54) is 19.2 Å². The minimum atomic E-state index is -3.72. The molecule has 0 spiro atoms. The molecule has 0 amide bonds. The van der Waals surface area contributed by atoms with Crippen molar-refractivity contribution in [3.63, 3.8) is 0 Å². The lowest BCUT2D eigenvalue weighted by molar-refractivity contribution is 0.297. The van der Waals surface area contributed by atoms with Crippen LogP contribution in [0.4, 0.5) is 5.69 Å². The summed E-state index contributed by atoms with van der Waals surface area (Å²) >= 11 is 0. The van der Waals surface area contributed by atoms with E-state index in [9.17, 15) is 8.42 Å². The second-order valence-corrected chi connectivity index (χ2v) is 6.68. The second-order valence-electron chi connectivity index (χ2n) is 5.00. The van der Waals surface area contributed by atoms with Crippen molar-refractivity contribution in [2.75, 3.05) is 25.0 Å². The van der Waals surface area contributed by atoms with E-state index >= 15 is 0 Å². The van der Waals surface area contributed by atoms with Crippen molar-refractivity contribution in [3.8, 4) is 17.2 Å². The normalized spacial score (nSPS) is 14.0. The lowest BCUT2D eigenvalue weighted by atomic mass is 10.3. The fraction of sp³-hybridized carbons (Fsp3) is 0.250. The molecule has 1 aliphatic heterocycles. The molecule has 23 heavy (non-hydrogen) atoms. The average molecular weight is 335 g/mol. The van der Waals surface area contributed by atoms with Gasteiger partial charge >= 0.3 is 0 Å². The van der Waals surface area contributed by atoms with Crippen LogP contribution >= 0.6 is 0 Å². The lowest BCUT2D eigenvalue weighted by Gasteiger charge is -2.12. The van der Waals surface area contributed by atoms with Crippen LogP contribution in [0.3, 0.4) is 0 Å². The van der Waals surface area contributed by atoms with Gasteiger partial charge in [-0.1, -0.05) is 6.07 Å². The van der Waals surface area contributed by atoms with E-state index in [0.717, 1.165) is 6.42 Å². The summed E-state index contributed by atoms with van der Waals surface area (Å²) in [4.78, 5) is 0.115. The Morgan fingerprint density at radius 3 is 2.61 bits per heavy atom. The van der Waals surface area contributed by atoms with E-state index in [1.807, 2.05) is 0 Å². The Kier molecular flexibility index (Phi) is 4.29. The highest BCUT2D eigenvalue weighted by molar-refractivity contribution is 7.92. The predicted octanol–water partition coefficient (Wildman–Crippen LogP) is 2.66. The highest BCUT2D eigenvalue weighted by Gasteiger charge is 2.19. The molecule has 0 bridgehead atoms. The highest BCUT2D eigenvalue weighted by Crippen LogP contribution is 2.32. The number of methoxy groups -OCH3 is 1. The molecule has 0 saturated carbocycles. The number of ether oxygens (including phenoxy) is 3. The molecule has 0 saturated heterocycles. The zero-order chi connectivity index (χ0) is 16.3. The Morgan fingerprint density at radius 1 is 1.04 bits per heavy atom. The zero-order valence-corrected chi connectivity index (χ0v) is 13.4. The number of hydrogen-bond donors (Lipinski definition) is 1. The minimum Gasteiger partial charge on any atom is -0.497 e. The Morgan fingerprint density at radius 2 is 1.83 bits per heavy atom. The van der Waals surface area contributed by atoms with Crippen LogP contribution in [0.5, 0.6) is 17.2 Å². The summed E-state index contributed by atoms with van der Waals surface area (Å²) in [5.74, 6) is 1.57. The lowest BCUT2D eigenvalue weighted by Crippen LogP contribution is -2.13. The smallest absolute Gasteiger partial charge is 0.262 e. The highest BCUT2D eigenvalue weighted by atomic mass is 32.2. The van der Waals surface area contributed by atoms with Crippen molar-refractivity contribution in [2.24, 2.45) is 0 Å². The van der Waals surface area contributed by atoms with Crippen LogP contribution in [0.15, 0.2) is 47.4 Å². The van der Waals surface area contributed by atoms with Crippen molar-refractivity contribution in [1.29, 1.82) is 0 Å². The number of rotatable bonds is 4. The van der Waals surface area contributed by atoms with Crippen molar-refractivity contribution in [1.82, 2.24) is 0 Å². The average Bonchev–Trinajstić information content (AvgIpc) is 2.79. The van der Waals surface area contributed by atoms with Gasteiger partial charge < -0.3 is 14.2 Å². The first-order valence-corrected chi connectivity index (χ1v) is 8.63. The first-order valence-electron chi connectivity index (χ1n) is 7.15. The maximum atomic E-state index is 12.5. The van der Waals surface area contributed by atoms with Gasteiger partial charge in [-0.2, -0.15) is 0 Å². The molecule has 3 rings (SSSR count). The van der Waals surface area contributed by atoms with E-state index in [0.29, 0.717) is 36.1 Å². The van der Waals surface area contributed by atoms with Crippen LogP contribution < -0.4 is 18.9 Å². The molecule has 0 atom stereocenters. The van der Waals surface area contributed by atoms with Gasteiger partial charge in [0, 0.05) is 18.6 Å². The standard InChI is InChI=1S/C16H17NO5S/c1-20-13-5-2-4-12(10-13)17-23(18,19)14-6-7-15-16(11-14)22-9-3-8-21-15/h2,4-7,10-11,17H,3,8-9H2,1H3. The molecule has 1 aliphatic rings. The van der Waals surface area contributed by atoms with Gasteiger partial charge in [-0.3, -0.25) is 4.72 Å². The molecule has 0 aliphatic carbocycles. The second kappa shape index (κ2) is 6.37. The SMILES string of the molecule is COc1cccc(NS(=O)(=O)c2ccc3c(c2)OCCCO3)c1. The monoisotopic (exact) mass is 335 g/mol. The quantitative estimate of drug-likeness (QED) is 0.930. The third-order valence-corrected chi connectivity index (χ3v) is 4.73. The molecular weight excluding hydrogens is 318 g/mol. The van der Waals surface area contributed by atoms with Crippen LogP contribution in [0.1, 0.15) is 6.42 Å². The van der Waals surface area contributed by atoms with Gasteiger partial charge in [-0.15, -0.1) is 0 Å². The molecule has 0 fully saturated rings. The minimum absolute atomic E-state index is 0.115. The number of nitrogens with one attached hydrogen (secondary N) is 1. The number of anilines is 1. The molecule has 122 valence electrons. The van der Waals surface area contributed by atoms with Gasteiger partial charge in [0.2, 0.25) is 0 Å². The van der Waals surface area contributed by atoms with Gasteiger partial charge in [-0.05, 0) is 24.3 Å². The van der Waals surface area contributed by atoms with E-state index in [1.54, 1.807) is 30.3 Å². The van der Waals surface area contributed by atoms with Crippen molar-refractivity contribution < 1.29 is 22.6 Å². The number of sulfonamides is 1.